The van der Waals surface area contributed by atoms with Crippen molar-refractivity contribution in [3.63, 3.8) is 0 Å². The number of aromatic nitrogens is 1. The second-order valence-electron chi connectivity index (χ2n) is 6.48. The minimum Gasteiger partial charge on any atom is -0.342 e. The number of hydrogen-bond acceptors (Lipinski definition) is 1. The predicted molar refractivity (Wildman–Crippen MR) is 108 cm³/mol. The van der Waals surface area contributed by atoms with E-state index in [1.807, 2.05) is 12.1 Å². The highest BCUT2D eigenvalue weighted by atomic mass is 32.2. The number of fused-ring (bicyclic) bond motifs is 1. The molecule has 0 aliphatic carbocycles. The van der Waals surface area contributed by atoms with E-state index in [1.54, 1.807) is 11.8 Å². The molecule has 0 saturated carbocycles. The van der Waals surface area contributed by atoms with E-state index in [4.69, 9.17) is 0 Å². The van der Waals surface area contributed by atoms with Crippen molar-refractivity contribution in [3.05, 3.63) is 102 Å². The van der Waals surface area contributed by atoms with Gasteiger partial charge in [-0.1, -0.05) is 54.6 Å². The highest BCUT2D eigenvalue weighted by Crippen LogP contribution is 2.32. The molecule has 1 nitrogen and oxygen atoms in total. The first-order valence-electron chi connectivity index (χ1n) is 8.70. The summed E-state index contributed by atoms with van der Waals surface area (Å²) in [6, 6.07) is 23.8. The molecule has 1 aromatic heterocycles. The van der Waals surface area contributed by atoms with Gasteiger partial charge in [0.05, 0.1) is 0 Å². The fourth-order valence-electron chi connectivity index (χ4n) is 3.17. The summed E-state index contributed by atoms with van der Waals surface area (Å²) in [5.74, 6) is 0.645. The molecule has 0 saturated heterocycles. The van der Waals surface area contributed by atoms with E-state index in [-0.39, 0.29) is 5.82 Å². The van der Waals surface area contributed by atoms with Crippen molar-refractivity contribution in [3.8, 4) is 0 Å². The summed E-state index contributed by atoms with van der Waals surface area (Å²) >= 11 is 1.80. The minimum atomic E-state index is -0.186. The standard InChI is InChI=1S/C23H20FNS/c1-17-6-2-3-7-19(17)14-25-15-23(21-8-4-5-9-22(21)25)26-16-18-10-12-20(24)13-11-18/h2-13,15H,14,16H2,1H3. The molecule has 4 rings (SSSR count). The van der Waals surface area contributed by atoms with E-state index in [0.717, 1.165) is 17.9 Å². The highest BCUT2D eigenvalue weighted by molar-refractivity contribution is 7.98. The maximum Gasteiger partial charge on any atom is 0.123 e. The van der Waals surface area contributed by atoms with Gasteiger partial charge >= 0.3 is 0 Å². The Hall–Kier alpha value is -2.52. The largest absolute Gasteiger partial charge is 0.342 e. The Balaban J connectivity index is 1.63. The number of thioether (sulfide) groups is 1. The molecule has 0 amide bonds. The van der Waals surface area contributed by atoms with Gasteiger partial charge in [0.1, 0.15) is 5.82 Å². The molecule has 0 atom stereocenters. The molecule has 0 N–H and O–H groups in total. The Morgan fingerprint density at radius 1 is 0.885 bits per heavy atom. The number of hydrogen-bond donors (Lipinski definition) is 0. The Bertz CT molecular complexity index is 1030. The quantitative estimate of drug-likeness (QED) is 0.371. The van der Waals surface area contributed by atoms with Crippen LogP contribution in [0.2, 0.25) is 0 Å². The molecule has 0 aliphatic heterocycles. The van der Waals surface area contributed by atoms with E-state index in [2.05, 4.69) is 66.2 Å². The zero-order valence-corrected chi connectivity index (χ0v) is 15.5. The van der Waals surface area contributed by atoms with Crippen LogP contribution in [0.1, 0.15) is 16.7 Å². The van der Waals surface area contributed by atoms with Crippen LogP contribution in [0.3, 0.4) is 0 Å². The molecule has 0 fully saturated rings. The van der Waals surface area contributed by atoms with Crippen LogP contribution >= 0.6 is 11.8 Å². The molecular weight excluding hydrogens is 341 g/mol. The topological polar surface area (TPSA) is 4.93 Å². The number of para-hydroxylation sites is 1. The van der Waals surface area contributed by atoms with Crippen molar-refractivity contribution in [1.82, 2.24) is 4.57 Å². The predicted octanol–water partition coefficient (Wildman–Crippen LogP) is 6.43. The third-order valence-corrected chi connectivity index (χ3v) is 5.78. The van der Waals surface area contributed by atoms with Gasteiger partial charge in [0, 0.05) is 34.3 Å². The van der Waals surface area contributed by atoms with Gasteiger partial charge in [-0.2, -0.15) is 0 Å². The fourth-order valence-corrected chi connectivity index (χ4v) is 4.22. The molecule has 0 aliphatic rings. The summed E-state index contributed by atoms with van der Waals surface area (Å²) < 4.78 is 15.4. The lowest BCUT2D eigenvalue weighted by molar-refractivity contribution is 0.627. The lowest BCUT2D eigenvalue weighted by Crippen LogP contribution is -1.99. The third kappa shape index (κ3) is 3.54. The highest BCUT2D eigenvalue weighted by Gasteiger charge is 2.10. The summed E-state index contributed by atoms with van der Waals surface area (Å²) in [7, 11) is 0. The zero-order chi connectivity index (χ0) is 17.9. The van der Waals surface area contributed by atoms with Crippen molar-refractivity contribution in [1.29, 1.82) is 0 Å². The molecule has 3 aromatic carbocycles. The lowest BCUT2D eigenvalue weighted by atomic mass is 10.1. The fraction of sp³-hybridized carbons (Fsp3) is 0.130. The second-order valence-corrected chi connectivity index (χ2v) is 7.50. The molecule has 0 bridgehead atoms. The van der Waals surface area contributed by atoms with Crippen LogP contribution in [0, 0.1) is 12.7 Å². The first kappa shape index (κ1) is 16.9. The number of rotatable bonds is 5. The normalized spacial score (nSPS) is 11.2. The maximum atomic E-state index is 13.1. The van der Waals surface area contributed by atoms with Crippen LogP contribution in [0.15, 0.2) is 83.9 Å². The maximum absolute atomic E-state index is 13.1. The van der Waals surface area contributed by atoms with Gasteiger partial charge in [0.2, 0.25) is 0 Å². The van der Waals surface area contributed by atoms with Gasteiger partial charge < -0.3 is 4.57 Å². The average Bonchev–Trinajstić information content (AvgIpc) is 3.01. The minimum absolute atomic E-state index is 0.186. The zero-order valence-electron chi connectivity index (χ0n) is 14.7. The monoisotopic (exact) mass is 361 g/mol. The van der Waals surface area contributed by atoms with Crippen molar-refractivity contribution in [2.45, 2.75) is 24.1 Å². The van der Waals surface area contributed by atoms with Crippen LogP contribution in [0.5, 0.6) is 0 Å². The third-order valence-electron chi connectivity index (χ3n) is 4.66. The van der Waals surface area contributed by atoms with Gasteiger partial charge in [-0.05, 0) is 41.8 Å². The Morgan fingerprint density at radius 2 is 1.62 bits per heavy atom. The molecule has 4 aromatic rings. The van der Waals surface area contributed by atoms with E-state index in [9.17, 15) is 4.39 Å². The first-order valence-corrected chi connectivity index (χ1v) is 9.69. The van der Waals surface area contributed by atoms with Crippen molar-refractivity contribution in [2.24, 2.45) is 0 Å². The van der Waals surface area contributed by atoms with E-state index in [0.29, 0.717) is 0 Å². The van der Waals surface area contributed by atoms with E-state index < -0.39 is 0 Å². The molecule has 130 valence electrons. The summed E-state index contributed by atoms with van der Waals surface area (Å²) in [4.78, 5) is 1.26. The Morgan fingerprint density at radius 3 is 2.42 bits per heavy atom. The Labute approximate surface area is 157 Å². The summed E-state index contributed by atoms with van der Waals surface area (Å²) in [6.07, 6.45) is 2.24. The second kappa shape index (κ2) is 7.38. The molecule has 0 spiro atoms. The van der Waals surface area contributed by atoms with Gasteiger partial charge in [0.25, 0.3) is 0 Å². The summed E-state index contributed by atoms with van der Waals surface area (Å²) in [5.41, 5.74) is 5.03. The Kier molecular flexibility index (Phi) is 4.81. The molecule has 26 heavy (non-hydrogen) atoms. The van der Waals surface area contributed by atoms with Gasteiger partial charge in [-0.15, -0.1) is 11.8 Å². The van der Waals surface area contributed by atoms with Crippen molar-refractivity contribution in [2.75, 3.05) is 0 Å². The smallest absolute Gasteiger partial charge is 0.123 e. The average molecular weight is 361 g/mol. The first-order chi connectivity index (χ1) is 12.7. The number of nitrogens with zero attached hydrogens (tertiary/aromatic N) is 1. The van der Waals surface area contributed by atoms with Gasteiger partial charge in [0.15, 0.2) is 0 Å². The van der Waals surface area contributed by atoms with Crippen LogP contribution in [-0.4, -0.2) is 4.57 Å². The van der Waals surface area contributed by atoms with Crippen LogP contribution < -0.4 is 0 Å². The van der Waals surface area contributed by atoms with Gasteiger partial charge in [-0.25, -0.2) is 4.39 Å². The van der Waals surface area contributed by atoms with Gasteiger partial charge in [-0.3, -0.25) is 0 Å². The van der Waals surface area contributed by atoms with E-state index >= 15 is 0 Å². The molecular formula is C23H20FNS. The lowest BCUT2D eigenvalue weighted by Gasteiger charge is -2.08. The number of benzene rings is 3. The SMILES string of the molecule is Cc1ccccc1Cn1cc(SCc2ccc(F)cc2)c2ccccc21. The van der Waals surface area contributed by atoms with Crippen molar-refractivity contribution >= 4 is 22.7 Å². The van der Waals surface area contributed by atoms with Crippen LogP contribution in [-0.2, 0) is 12.3 Å². The summed E-state index contributed by atoms with van der Waals surface area (Å²) in [5, 5.41) is 1.27. The van der Waals surface area contributed by atoms with E-state index in [1.165, 1.54) is 39.1 Å². The molecule has 3 heteroatoms. The van der Waals surface area contributed by atoms with Crippen LogP contribution in [0.25, 0.3) is 10.9 Å². The van der Waals surface area contributed by atoms with Crippen molar-refractivity contribution < 1.29 is 4.39 Å². The molecule has 0 radical (unpaired) electrons. The number of halogens is 1. The summed E-state index contributed by atoms with van der Waals surface area (Å²) in [6.45, 7) is 3.02. The molecule has 1 heterocycles. The van der Waals surface area contributed by atoms with Crippen LogP contribution in [0.4, 0.5) is 4.39 Å². The number of aryl methyl sites for hydroxylation is 1. The molecule has 0 unspecified atom stereocenters.